The minimum Gasteiger partial charge on any atom is -0.456 e. The van der Waals surface area contributed by atoms with Crippen molar-refractivity contribution in [3.8, 4) is 11.4 Å². The molecule has 0 N–H and O–H groups in total. The number of rotatable bonds is 6. The molecule has 0 saturated carbocycles. The summed E-state index contributed by atoms with van der Waals surface area (Å²) in [4.78, 5) is 6.10. The number of aromatic nitrogens is 2. The second-order valence-electron chi connectivity index (χ2n) is 18.8. The first kappa shape index (κ1) is 39.7. The van der Waals surface area contributed by atoms with Gasteiger partial charge in [0.1, 0.15) is 11.2 Å². The molecule has 1 aliphatic heterocycles. The van der Waals surface area contributed by atoms with Crippen molar-refractivity contribution in [2.75, 3.05) is 0 Å². The molecule has 3 aromatic heterocycles. The fourth-order valence-corrected chi connectivity index (χ4v) is 12.1. The zero-order valence-electron chi connectivity index (χ0n) is 38.3. The molecule has 0 saturated heterocycles. The number of benzene rings is 10. The van der Waals surface area contributed by atoms with E-state index in [9.17, 15) is 0 Å². The molecule has 4 heterocycles. The molecule has 1 aliphatic rings. The lowest BCUT2D eigenvalue weighted by Gasteiger charge is -2.31. The molecular formula is C65H47N3O. The monoisotopic (exact) mass is 885 g/mol. The van der Waals surface area contributed by atoms with Gasteiger partial charge in [-0.15, -0.1) is 0 Å². The van der Waals surface area contributed by atoms with Crippen LogP contribution in [-0.2, 0) is 0 Å². The topological polar surface area (TPSA) is 35.4 Å². The van der Waals surface area contributed by atoms with E-state index >= 15 is 0 Å². The van der Waals surface area contributed by atoms with Crippen LogP contribution >= 0.6 is 0 Å². The van der Waals surface area contributed by atoms with Crippen LogP contribution in [0.4, 0.5) is 0 Å². The van der Waals surface area contributed by atoms with Crippen LogP contribution in [0.25, 0.3) is 104 Å². The van der Waals surface area contributed by atoms with Crippen molar-refractivity contribution >= 4 is 98.5 Å². The average Bonchev–Trinajstić information content (AvgIpc) is 4.06. The highest BCUT2D eigenvalue weighted by Gasteiger charge is 2.33. The van der Waals surface area contributed by atoms with Crippen LogP contribution in [0.5, 0.6) is 0 Å². The van der Waals surface area contributed by atoms with E-state index in [-0.39, 0.29) is 11.8 Å². The number of furan rings is 1. The summed E-state index contributed by atoms with van der Waals surface area (Å²) >= 11 is 0. The number of hydrogen-bond donors (Lipinski definition) is 0. The van der Waals surface area contributed by atoms with Gasteiger partial charge >= 0.3 is 0 Å². The summed E-state index contributed by atoms with van der Waals surface area (Å²) in [6, 6.07) is 77.7. The quantitative estimate of drug-likeness (QED) is 0.164. The average molecular weight is 886 g/mol. The lowest BCUT2D eigenvalue weighted by atomic mass is 9.75. The summed E-state index contributed by atoms with van der Waals surface area (Å²) in [5.41, 5.74) is 14.5. The lowest BCUT2D eigenvalue weighted by molar-refractivity contribution is 0.493. The third kappa shape index (κ3) is 6.18. The molecule has 10 aromatic carbocycles. The van der Waals surface area contributed by atoms with Gasteiger partial charge in [0.2, 0.25) is 0 Å². The zero-order chi connectivity index (χ0) is 45.6. The predicted molar refractivity (Wildman–Crippen MR) is 291 cm³/mol. The summed E-state index contributed by atoms with van der Waals surface area (Å²) in [6.07, 6.45) is 5.15. The van der Waals surface area contributed by atoms with Crippen LogP contribution < -0.4 is 0 Å². The second kappa shape index (κ2) is 15.8. The van der Waals surface area contributed by atoms with Crippen LogP contribution in [-0.4, -0.2) is 14.8 Å². The third-order valence-corrected chi connectivity index (χ3v) is 15.1. The minimum atomic E-state index is 0.0951. The van der Waals surface area contributed by atoms with E-state index in [2.05, 4.69) is 234 Å². The van der Waals surface area contributed by atoms with Crippen LogP contribution in [0, 0.1) is 5.92 Å². The molecule has 2 atom stereocenters. The standard InChI is InChI=1S/C65H47N3O/c1-2-46-48(52-31-17-32-53-49-26-10-14-35-59(49)68(65(52)53)44-23-4-3-5-24-44)29-18-33-57(66-64(46)51-30-16-22-41-19-8-9-25-47(41)51)56-39-45(40-62-63(56)54-28-12-15-36-61(54)69-62)67-58-34-13-11-27-50(58)55-37-42-20-6-7-21-43(42)38-60(55)67/h3-17,19-28,30-40,46,48H,2,18,29H2,1H3. The molecule has 4 nitrogen and oxygen atoms in total. The van der Waals surface area contributed by atoms with Gasteiger partial charge in [-0.3, -0.25) is 4.99 Å². The number of aliphatic imine (C=N–C) groups is 1. The Kier molecular flexibility index (Phi) is 9.10. The zero-order valence-corrected chi connectivity index (χ0v) is 38.3. The van der Waals surface area contributed by atoms with E-state index in [4.69, 9.17) is 9.41 Å². The Balaban J connectivity index is 1.04. The maximum absolute atomic E-state index is 6.88. The molecule has 0 fully saturated rings. The highest BCUT2D eigenvalue weighted by molar-refractivity contribution is 6.18. The molecule has 0 spiro atoms. The van der Waals surface area contributed by atoms with Crippen molar-refractivity contribution in [1.29, 1.82) is 0 Å². The molecule has 69 heavy (non-hydrogen) atoms. The van der Waals surface area contributed by atoms with E-state index in [0.717, 1.165) is 69.4 Å². The summed E-state index contributed by atoms with van der Waals surface area (Å²) in [6.45, 7) is 2.37. The van der Waals surface area contributed by atoms with Crippen LogP contribution in [0.1, 0.15) is 48.8 Å². The van der Waals surface area contributed by atoms with Crippen LogP contribution in [0.2, 0.25) is 0 Å². The van der Waals surface area contributed by atoms with Crippen molar-refractivity contribution < 1.29 is 4.42 Å². The van der Waals surface area contributed by atoms with E-state index in [1.807, 2.05) is 0 Å². The third-order valence-electron chi connectivity index (χ3n) is 15.1. The van der Waals surface area contributed by atoms with Crippen molar-refractivity contribution in [1.82, 2.24) is 9.13 Å². The molecule has 0 aliphatic carbocycles. The molecule has 328 valence electrons. The van der Waals surface area contributed by atoms with Crippen LogP contribution in [0.3, 0.4) is 0 Å². The van der Waals surface area contributed by atoms with Crippen LogP contribution in [0.15, 0.2) is 228 Å². The van der Waals surface area contributed by atoms with Gasteiger partial charge in [0.15, 0.2) is 0 Å². The van der Waals surface area contributed by atoms with Crippen molar-refractivity contribution in [2.24, 2.45) is 10.9 Å². The lowest BCUT2D eigenvalue weighted by Crippen LogP contribution is -2.25. The first-order valence-corrected chi connectivity index (χ1v) is 24.4. The van der Waals surface area contributed by atoms with E-state index in [1.165, 1.54) is 76.5 Å². The van der Waals surface area contributed by atoms with Gasteiger partial charge in [-0.25, -0.2) is 0 Å². The van der Waals surface area contributed by atoms with E-state index < -0.39 is 0 Å². The summed E-state index contributed by atoms with van der Waals surface area (Å²) < 4.78 is 11.8. The van der Waals surface area contributed by atoms with Gasteiger partial charge in [0.05, 0.1) is 39.2 Å². The fraction of sp³-hybridized carbons (Fsp3) is 0.0923. The second-order valence-corrected chi connectivity index (χ2v) is 18.8. The molecule has 0 bridgehead atoms. The van der Waals surface area contributed by atoms with Crippen molar-refractivity contribution in [3.63, 3.8) is 0 Å². The normalized spacial score (nSPS) is 15.7. The summed E-state index contributed by atoms with van der Waals surface area (Å²) in [7, 11) is 0. The number of para-hydroxylation sites is 5. The maximum atomic E-state index is 6.88. The van der Waals surface area contributed by atoms with Crippen molar-refractivity contribution in [2.45, 2.75) is 32.1 Å². The Morgan fingerprint density at radius 2 is 1.12 bits per heavy atom. The maximum Gasteiger partial charge on any atom is 0.138 e. The SMILES string of the molecule is CCC1C(c2cccc3ccccc23)=NC(c2cc(-n3c4ccccc4c4cc5ccccc5cc43)cc3oc4ccccc4c23)=CCCC1c1cccc2c3ccccc3n(-c3ccccc3)c12. The highest BCUT2D eigenvalue weighted by Crippen LogP contribution is 2.46. The molecular weight excluding hydrogens is 839 g/mol. The largest absolute Gasteiger partial charge is 0.456 e. The molecule has 4 heteroatoms. The minimum absolute atomic E-state index is 0.0951. The first-order chi connectivity index (χ1) is 34.2. The molecule has 13 aromatic rings. The fourth-order valence-electron chi connectivity index (χ4n) is 12.1. The van der Waals surface area contributed by atoms with E-state index in [1.54, 1.807) is 0 Å². The number of nitrogens with zero attached hydrogens (tertiary/aromatic N) is 3. The molecule has 14 rings (SSSR count). The van der Waals surface area contributed by atoms with E-state index in [0.29, 0.717) is 0 Å². The predicted octanol–water partition coefficient (Wildman–Crippen LogP) is 17.5. The summed E-state index contributed by atoms with van der Waals surface area (Å²) in [5.74, 6) is 0.271. The van der Waals surface area contributed by atoms with Crippen molar-refractivity contribution in [3.05, 3.63) is 235 Å². The van der Waals surface area contributed by atoms with Gasteiger partial charge in [0, 0.05) is 61.1 Å². The molecule has 0 radical (unpaired) electrons. The van der Waals surface area contributed by atoms with Gasteiger partial charge in [0.25, 0.3) is 0 Å². The molecule has 0 amide bonds. The van der Waals surface area contributed by atoms with Gasteiger partial charge < -0.3 is 13.6 Å². The Bertz CT molecular complexity index is 4250. The highest BCUT2D eigenvalue weighted by atomic mass is 16.3. The Hall–Kier alpha value is -8.47. The number of hydrogen-bond acceptors (Lipinski definition) is 2. The van der Waals surface area contributed by atoms with Gasteiger partial charge in [-0.1, -0.05) is 171 Å². The Morgan fingerprint density at radius 1 is 0.478 bits per heavy atom. The first-order valence-electron chi connectivity index (χ1n) is 24.4. The number of fused-ring (bicyclic) bond motifs is 11. The smallest absolute Gasteiger partial charge is 0.138 e. The Morgan fingerprint density at radius 3 is 1.93 bits per heavy atom. The number of allylic oxidation sites excluding steroid dienone is 1. The van der Waals surface area contributed by atoms with Gasteiger partial charge in [-0.05, 0) is 101 Å². The Labute approximate surface area is 399 Å². The van der Waals surface area contributed by atoms with Gasteiger partial charge in [-0.2, -0.15) is 0 Å². The summed E-state index contributed by atoms with van der Waals surface area (Å²) in [5, 5.41) is 12.1. The molecule has 2 unspecified atom stereocenters.